The minimum absolute atomic E-state index is 1.04. The van der Waals surface area contributed by atoms with Crippen LogP contribution in [0.2, 0.25) is 0 Å². The zero-order valence-corrected chi connectivity index (χ0v) is 14.0. The van der Waals surface area contributed by atoms with Gasteiger partial charge in [-0.2, -0.15) is 0 Å². The SMILES string of the molecule is Cc1ccc(-c2ccc3nc(C)c(-c4ccccc4)cc3c2)cc1. The van der Waals surface area contributed by atoms with E-state index in [0.29, 0.717) is 0 Å². The molecule has 0 amide bonds. The number of rotatable bonds is 2. The summed E-state index contributed by atoms with van der Waals surface area (Å²) in [4.78, 5) is 4.80. The average molecular weight is 309 g/mol. The van der Waals surface area contributed by atoms with Crippen molar-refractivity contribution in [2.24, 2.45) is 0 Å². The van der Waals surface area contributed by atoms with Crippen LogP contribution in [0.1, 0.15) is 11.3 Å². The second-order valence-corrected chi connectivity index (χ2v) is 6.26. The van der Waals surface area contributed by atoms with Gasteiger partial charge in [-0.3, -0.25) is 4.98 Å². The lowest BCUT2D eigenvalue weighted by atomic mass is 9.99. The van der Waals surface area contributed by atoms with Gasteiger partial charge in [-0.15, -0.1) is 0 Å². The molecule has 0 atom stereocenters. The first kappa shape index (κ1) is 14.6. The molecule has 4 rings (SSSR count). The number of benzene rings is 3. The van der Waals surface area contributed by atoms with Crippen molar-refractivity contribution in [2.45, 2.75) is 13.8 Å². The first-order valence-electron chi connectivity index (χ1n) is 8.24. The number of hydrogen-bond acceptors (Lipinski definition) is 1. The largest absolute Gasteiger partial charge is 0.252 e. The fraction of sp³-hybridized carbons (Fsp3) is 0.0870. The molecule has 1 heterocycles. The Labute approximate surface area is 142 Å². The van der Waals surface area contributed by atoms with Crippen molar-refractivity contribution < 1.29 is 0 Å². The van der Waals surface area contributed by atoms with E-state index in [2.05, 4.69) is 86.6 Å². The topological polar surface area (TPSA) is 12.9 Å². The fourth-order valence-electron chi connectivity index (χ4n) is 3.11. The van der Waals surface area contributed by atoms with Crippen LogP contribution in [0, 0.1) is 13.8 Å². The molecule has 0 saturated heterocycles. The van der Waals surface area contributed by atoms with Gasteiger partial charge in [-0.1, -0.05) is 66.2 Å². The summed E-state index contributed by atoms with van der Waals surface area (Å²) in [7, 11) is 0. The monoisotopic (exact) mass is 309 g/mol. The molecule has 0 saturated carbocycles. The van der Waals surface area contributed by atoms with Gasteiger partial charge < -0.3 is 0 Å². The second-order valence-electron chi connectivity index (χ2n) is 6.26. The van der Waals surface area contributed by atoms with Crippen LogP contribution in [0.5, 0.6) is 0 Å². The van der Waals surface area contributed by atoms with Crippen LogP contribution in [0.15, 0.2) is 78.9 Å². The molecule has 0 fully saturated rings. The van der Waals surface area contributed by atoms with Crippen molar-refractivity contribution in [1.29, 1.82) is 0 Å². The van der Waals surface area contributed by atoms with E-state index in [1.165, 1.54) is 33.2 Å². The van der Waals surface area contributed by atoms with Gasteiger partial charge in [0, 0.05) is 16.6 Å². The van der Waals surface area contributed by atoms with Crippen molar-refractivity contribution in [2.75, 3.05) is 0 Å². The van der Waals surface area contributed by atoms with E-state index in [9.17, 15) is 0 Å². The molecule has 116 valence electrons. The van der Waals surface area contributed by atoms with Crippen LogP contribution >= 0.6 is 0 Å². The Kier molecular flexibility index (Phi) is 3.62. The summed E-state index contributed by atoms with van der Waals surface area (Å²) in [5, 5.41) is 1.18. The van der Waals surface area contributed by atoms with E-state index in [1.54, 1.807) is 0 Å². The van der Waals surface area contributed by atoms with Crippen molar-refractivity contribution in [3.63, 3.8) is 0 Å². The molecule has 4 aromatic rings. The molecule has 0 aliphatic carbocycles. The summed E-state index contributed by atoms with van der Waals surface area (Å²) in [5.41, 5.74) is 8.27. The van der Waals surface area contributed by atoms with E-state index in [1.807, 2.05) is 6.07 Å². The summed E-state index contributed by atoms with van der Waals surface area (Å²) in [5.74, 6) is 0. The highest BCUT2D eigenvalue weighted by Crippen LogP contribution is 2.29. The smallest absolute Gasteiger partial charge is 0.0706 e. The second kappa shape index (κ2) is 5.93. The Morgan fingerprint density at radius 1 is 0.625 bits per heavy atom. The quantitative estimate of drug-likeness (QED) is 0.430. The minimum Gasteiger partial charge on any atom is -0.252 e. The maximum absolute atomic E-state index is 4.80. The standard InChI is InChI=1S/C23H19N/c1-16-8-10-18(11-9-16)20-12-13-23-21(14-20)15-22(17(2)24-23)19-6-4-3-5-7-19/h3-15H,1-2H3. The summed E-state index contributed by atoms with van der Waals surface area (Å²) in [6.07, 6.45) is 0. The summed E-state index contributed by atoms with van der Waals surface area (Å²) in [6, 6.07) is 27.9. The summed E-state index contributed by atoms with van der Waals surface area (Å²) < 4.78 is 0. The molecule has 0 aliphatic heterocycles. The highest BCUT2D eigenvalue weighted by atomic mass is 14.7. The van der Waals surface area contributed by atoms with Crippen LogP contribution in [0.4, 0.5) is 0 Å². The molecule has 0 radical (unpaired) electrons. The normalized spacial score (nSPS) is 10.9. The molecule has 1 nitrogen and oxygen atoms in total. The lowest BCUT2D eigenvalue weighted by molar-refractivity contribution is 1.26. The average Bonchev–Trinajstić information content (AvgIpc) is 2.62. The van der Waals surface area contributed by atoms with Crippen LogP contribution in [-0.2, 0) is 0 Å². The Bertz CT molecular complexity index is 999. The number of fused-ring (bicyclic) bond motifs is 1. The van der Waals surface area contributed by atoms with Crippen molar-refractivity contribution in [1.82, 2.24) is 4.98 Å². The first-order valence-corrected chi connectivity index (χ1v) is 8.24. The van der Waals surface area contributed by atoms with Gasteiger partial charge in [0.05, 0.1) is 5.52 Å². The predicted molar refractivity (Wildman–Crippen MR) is 102 cm³/mol. The first-order chi connectivity index (χ1) is 11.7. The Morgan fingerprint density at radius 3 is 2.08 bits per heavy atom. The lowest BCUT2D eigenvalue weighted by Crippen LogP contribution is -1.90. The number of aryl methyl sites for hydroxylation is 2. The van der Waals surface area contributed by atoms with E-state index >= 15 is 0 Å². The number of aromatic nitrogens is 1. The highest BCUT2D eigenvalue weighted by molar-refractivity contribution is 5.88. The van der Waals surface area contributed by atoms with E-state index in [4.69, 9.17) is 4.98 Å². The van der Waals surface area contributed by atoms with E-state index in [0.717, 1.165) is 11.2 Å². The maximum atomic E-state index is 4.80. The molecule has 0 spiro atoms. The maximum Gasteiger partial charge on any atom is 0.0706 e. The molecular weight excluding hydrogens is 290 g/mol. The predicted octanol–water partition coefficient (Wildman–Crippen LogP) is 6.19. The molecule has 0 N–H and O–H groups in total. The van der Waals surface area contributed by atoms with Crippen LogP contribution in [0.25, 0.3) is 33.2 Å². The number of hydrogen-bond donors (Lipinski definition) is 0. The zero-order valence-electron chi connectivity index (χ0n) is 14.0. The van der Waals surface area contributed by atoms with Crippen LogP contribution < -0.4 is 0 Å². The van der Waals surface area contributed by atoms with Crippen molar-refractivity contribution in [3.05, 3.63) is 90.1 Å². The van der Waals surface area contributed by atoms with E-state index in [-0.39, 0.29) is 0 Å². The Balaban J connectivity index is 1.87. The Morgan fingerprint density at radius 2 is 1.33 bits per heavy atom. The van der Waals surface area contributed by atoms with Gasteiger partial charge in [0.15, 0.2) is 0 Å². The van der Waals surface area contributed by atoms with Gasteiger partial charge in [0.1, 0.15) is 0 Å². The Hall–Kier alpha value is -2.93. The fourth-order valence-corrected chi connectivity index (χ4v) is 3.11. The highest BCUT2D eigenvalue weighted by Gasteiger charge is 2.07. The third-order valence-electron chi connectivity index (χ3n) is 4.48. The molecule has 1 aromatic heterocycles. The number of pyridine rings is 1. The third kappa shape index (κ3) is 2.69. The molecular formula is C23H19N. The van der Waals surface area contributed by atoms with Gasteiger partial charge in [0.2, 0.25) is 0 Å². The van der Waals surface area contributed by atoms with Gasteiger partial charge in [-0.25, -0.2) is 0 Å². The molecule has 0 unspecified atom stereocenters. The molecule has 3 aromatic carbocycles. The summed E-state index contributed by atoms with van der Waals surface area (Å²) >= 11 is 0. The van der Waals surface area contributed by atoms with Crippen molar-refractivity contribution >= 4 is 10.9 Å². The van der Waals surface area contributed by atoms with Gasteiger partial charge in [0.25, 0.3) is 0 Å². The molecule has 0 aliphatic rings. The van der Waals surface area contributed by atoms with Crippen LogP contribution in [-0.4, -0.2) is 4.98 Å². The molecule has 1 heteroatoms. The number of nitrogens with zero attached hydrogens (tertiary/aromatic N) is 1. The van der Waals surface area contributed by atoms with Crippen LogP contribution in [0.3, 0.4) is 0 Å². The summed E-state index contributed by atoms with van der Waals surface area (Å²) in [6.45, 7) is 4.19. The van der Waals surface area contributed by atoms with Gasteiger partial charge in [-0.05, 0) is 48.7 Å². The lowest BCUT2D eigenvalue weighted by Gasteiger charge is -2.09. The molecule has 0 bridgehead atoms. The van der Waals surface area contributed by atoms with Gasteiger partial charge >= 0.3 is 0 Å². The minimum atomic E-state index is 1.04. The third-order valence-corrected chi connectivity index (χ3v) is 4.48. The zero-order chi connectivity index (χ0) is 16.5. The molecule has 24 heavy (non-hydrogen) atoms. The van der Waals surface area contributed by atoms with E-state index < -0.39 is 0 Å². The van der Waals surface area contributed by atoms with Crippen molar-refractivity contribution in [3.8, 4) is 22.3 Å².